The number of nitrogens with two attached hydrogens (primary N) is 1. The summed E-state index contributed by atoms with van der Waals surface area (Å²) in [6, 6.07) is 3.93. The molecule has 1 amide bonds. The molecule has 2 aromatic rings. The van der Waals surface area contributed by atoms with Crippen molar-refractivity contribution < 1.29 is 27.4 Å². The van der Waals surface area contributed by atoms with E-state index in [0.717, 1.165) is 17.8 Å². The number of fused-ring (bicyclic) bond motifs is 1. The molecule has 0 radical (unpaired) electrons. The van der Waals surface area contributed by atoms with Crippen LogP contribution < -0.4 is 15.8 Å². The van der Waals surface area contributed by atoms with Crippen LogP contribution in [0.4, 0.5) is 18.9 Å². The van der Waals surface area contributed by atoms with E-state index in [0.29, 0.717) is 0 Å². The number of nitrogens with zero attached hydrogens (tertiary/aromatic N) is 3. The molecule has 1 aromatic heterocycles. The monoisotopic (exact) mass is 453 g/mol. The van der Waals surface area contributed by atoms with E-state index in [2.05, 4.69) is 20.3 Å². The first-order chi connectivity index (χ1) is 14.8. The van der Waals surface area contributed by atoms with E-state index in [1.165, 1.54) is 31.6 Å². The van der Waals surface area contributed by atoms with Crippen molar-refractivity contribution in [2.45, 2.75) is 17.3 Å². The molecular weight excluding hydrogens is 435 g/mol. The number of carbonyl (C=O) groups is 1. The van der Waals surface area contributed by atoms with Gasteiger partial charge in [-0.1, -0.05) is 11.8 Å². The predicted molar refractivity (Wildman–Crippen MR) is 108 cm³/mol. The van der Waals surface area contributed by atoms with Crippen LogP contribution in [0.5, 0.6) is 5.88 Å². The Kier molecular flexibility index (Phi) is 5.75. The van der Waals surface area contributed by atoms with Crippen molar-refractivity contribution in [2.24, 2.45) is 16.6 Å². The molecule has 1 aromatic carbocycles. The van der Waals surface area contributed by atoms with E-state index < -0.39 is 34.9 Å². The number of aliphatic imine (C=N–C) groups is 1. The number of anilines is 1. The summed E-state index contributed by atoms with van der Waals surface area (Å²) in [6.45, 7) is -0.170. The second kappa shape index (κ2) is 8.35. The molecule has 8 nitrogen and oxygen atoms in total. The minimum atomic E-state index is -2.75. The third-order valence-electron chi connectivity index (χ3n) is 5.21. The van der Waals surface area contributed by atoms with Gasteiger partial charge in [-0.25, -0.2) is 23.1 Å². The molecule has 0 saturated carbocycles. The van der Waals surface area contributed by atoms with Gasteiger partial charge in [0.2, 0.25) is 5.88 Å². The van der Waals surface area contributed by atoms with Crippen LogP contribution in [0.3, 0.4) is 0 Å². The van der Waals surface area contributed by atoms with Crippen molar-refractivity contribution >= 4 is 28.5 Å². The van der Waals surface area contributed by atoms with Gasteiger partial charge in [-0.05, 0) is 18.2 Å². The summed E-state index contributed by atoms with van der Waals surface area (Å²) in [5, 5.41) is 2.78. The number of halogens is 3. The maximum Gasteiger partial charge on any atom is 0.275 e. The van der Waals surface area contributed by atoms with Crippen LogP contribution >= 0.6 is 11.8 Å². The number of hydrogen-bond donors (Lipinski definition) is 2. The number of ether oxygens (including phenoxy) is 2. The summed E-state index contributed by atoms with van der Waals surface area (Å²) >= 11 is 1.00. The number of amidine groups is 1. The number of amides is 1. The van der Waals surface area contributed by atoms with Crippen LogP contribution in [-0.4, -0.2) is 53.8 Å². The van der Waals surface area contributed by atoms with Crippen LogP contribution in [0.2, 0.25) is 0 Å². The second-order valence-corrected chi connectivity index (χ2v) is 8.33. The van der Waals surface area contributed by atoms with E-state index in [1.54, 1.807) is 0 Å². The normalized spacial score (nSPS) is 25.1. The van der Waals surface area contributed by atoms with Gasteiger partial charge in [-0.2, -0.15) is 0 Å². The van der Waals surface area contributed by atoms with Crippen LogP contribution in [0, 0.1) is 11.7 Å². The lowest BCUT2D eigenvalue weighted by Crippen LogP contribution is -2.43. The quantitative estimate of drug-likeness (QED) is 0.715. The zero-order valence-electron chi connectivity index (χ0n) is 16.2. The Bertz CT molecular complexity index is 1020. The van der Waals surface area contributed by atoms with Gasteiger partial charge >= 0.3 is 0 Å². The van der Waals surface area contributed by atoms with Crippen LogP contribution in [0.1, 0.15) is 16.1 Å². The molecule has 31 heavy (non-hydrogen) atoms. The Morgan fingerprint density at radius 3 is 2.87 bits per heavy atom. The van der Waals surface area contributed by atoms with Gasteiger partial charge in [0, 0.05) is 23.7 Å². The zero-order chi connectivity index (χ0) is 22.2. The van der Waals surface area contributed by atoms with E-state index in [4.69, 9.17) is 15.2 Å². The molecule has 1 fully saturated rings. The van der Waals surface area contributed by atoms with Crippen LogP contribution in [-0.2, 0) is 9.48 Å². The number of carbonyl (C=O) groups excluding carboxylic acids is 1. The Labute approximate surface area is 179 Å². The molecule has 1 saturated heterocycles. The first-order valence-electron chi connectivity index (χ1n) is 9.20. The predicted octanol–water partition coefficient (Wildman–Crippen LogP) is 2.41. The molecule has 3 heterocycles. The number of benzene rings is 1. The molecule has 0 bridgehead atoms. The van der Waals surface area contributed by atoms with Crippen molar-refractivity contribution in [3.05, 3.63) is 47.7 Å². The first kappa shape index (κ1) is 21.4. The van der Waals surface area contributed by atoms with E-state index >= 15 is 0 Å². The van der Waals surface area contributed by atoms with Gasteiger partial charge in [0.15, 0.2) is 5.17 Å². The maximum absolute atomic E-state index is 14.9. The largest absolute Gasteiger partial charge is 0.480 e. The van der Waals surface area contributed by atoms with Gasteiger partial charge < -0.3 is 20.5 Å². The summed E-state index contributed by atoms with van der Waals surface area (Å²) in [6.07, 6.45) is -1.62. The third-order valence-corrected chi connectivity index (χ3v) is 6.56. The fraction of sp³-hybridized carbons (Fsp3) is 0.368. The van der Waals surface area contributed by atoms with Gasteiger partial charge in [-0.3, -0.25) is 9.79 Å². The van der Waals surface area contributed by atoms with Crippen LogP contribution in [0.15, 0.2) is 35.6 Å². The highest BCUT2D eigenvalue weighted by atomic mass is 32.2. The lowest BCUT2D eigenvalue weighted by molar-refractivity contribution is -0.0378. The fourth-order valence-corrected chi connectivity index (χ4v) is 4.98. The smallest absolute Gasteiger partial charge is 0.275 e. The van der Waals surface area contributed by atoms with E-state index in [-0.39, 0.29) is 41.1 Å². The Balaban J connectivity index is 1.65. The highest BCUT2D eigenvalue weighted by molar-refractivity contribution is 8.14. The van der Waals surface area contributed by atoms with Crippen molar-refractivity contribution in [1.29, 1.82) is 0 Å². The average molecular weight is 453 g/mol. The molecule has 2 aliphatic rings. The number of nitrogens with one attached hydrogen (secondary N) is 1. The molecule has 0 spiro atoms. The molecule has 0 unspecified atom stereocenters. The number of thioether (sulfide) groups is 1. The maximum atomic E-state index is 14.9. The summed E-state index contributed by atoms with van der Waals surface area (Å²) in [5.41, 5.74) is 6.25. The van der Waals surface area contributed by atoms with Crippen molar-refractivity contribution in [2.75, 3.05) is 25.6 Å². The number of rotatable bonds is 5. The second-order valence-electron chi connectivity index (χ2n) is 6.98. The summed E-state index contributed by atoms with van der Waals surface area (Å²) in [5.74, 6) is -1.73. The topological polar surface area (TPSA) is 112 Å². The third kappa shape index (κ3) is 3.92. The molecular formula is C19H18F3N5O3S. The molecule has 4 rings (SSSR count). The van der Waals surface area contributed by atoms with Crippen molar-refractivity contribution in [3.63, 3.8) is 0 Å². The summed E-state index contributed by atoms with van der Waals surface area (Å²) in [4.78, 5) is 24.4. The Morgan fingerprint density at radius 1 is 1.39 bits per heavy atom. The van der Waals surface area contributed by atoms with Crippen molar-refractivity contribution in [1.82, 2.24) is 9.97 Å². The number of alkyl halides is 2. The number of aromatic nitrogens is 2. The molecule has 0 aliphatic carbocycles. The average Bonchev–Trinajstić information content (AvgIpc) is 3.14. The van der Waals surface area contributed by atoms with Gasteiger partial charge in [-0.15, -0.1) is 0 Å². The molecule has 12 heteroatoms. The summed E-state index contributed by atoms with van der Waals surface area (Å²) in [7, 11) is 1.42. The first-order valence-corrected chi connectivity index (χ1v) is 10.0. The van der Waals surface area contributed by atoms with E-state index in [9.17, 15) is 18.0 Å². The van der Waals surface area contributed by atoms with Gasteiger partial charge in [0.05, 0.1) is 30.9 Å². The molecule has 164 valence electrons. The minimum Gasteiger partial charge on any atom is -0.480 e. The Morgan fingerprint density at radius 2 is 2.19 bits per heavy atom. The van der Waals surface area contributed by atoms with Gasteiger partial charge in [0.25, 0.3) is 12.3 Å². The van der Waals surface area contributed by atoms with Crippen LogP contribution in [0.25, 0.3) is 0 Å². The zero-order valence-corrected chi connectivity index (χ0v) is 17.0. The summed E-state index contributed by atoms with van der Waals surface area (Å²) < 4.78 is 51.0. The van der Waals surface area contributed by atoms with Crippen molar-refractivity contribution in [3.8, 4) is 5.88 Å². The number of hydrogen-bond acceptors (Lipinski definition) is 8. The Hall–Kier alpha value is -2.86. The lowest BCUT2D eigenvalue weighted by Gasteiger charge is -2.37. The molecule has 2 aliphatic heterocycles. The van der Waals surface area contributed by atoms with Gasteiger partial charge in [0.1, 0.15) is 17.6 Å². The highest BCUT2D eigenvalue weighted by Gasteiger charge is 2.57. The SMILES string of the molecule is COc1cnc(C(=O)Nc2ccc(F)c([C@]34CO[C@H](C(F)F)[C@@H]3CN=C(N)S4)c2)cn1. The standard InChI is InChI=1S/C19H18F3N5O3S/c1-29-14-7-24-13(6-25-14)17(28)27-9-2-3-12(20)10(4-9)19-8-30-15(16(21)22)11(19)5-26-18(23)31-19/h2-4,6-7,11,15-16H,5,8H2,1H3,(H2,23,26)(H,27,28)/t11-,15-,19+/m0/s1. The highest BCUT2D eigenvalue weighted by Crippen LogP contribution is 2.54. The van der Waals surface area contributed by atoms with E-state index in [1.807, 2.05) is 0 Å². The minimum absolute atomic E-state index is 0.00863. The fourth-order valence-electron chi connectivity index (χ4n) is 3.71. The number of methoxy groups -OCH3 is 1. The lowest BCUT2D eigenvalue weighted by atomic mass is 9.83. The molecule has 3 N–H and O–H groups in total. The molecule has 3 atom stereocenters.